The molecule has 21 heavy (non-hydrogen) atoms. The van der Waals surface area contributed by atoms with Gasteiger partial charge in [-0.2, -0.15) is 0 Å². The molecule has 5 nitrogen and oxygen atoms in total. The summed E-state index contributed by atoms with van der Waals surface area (Å²) in [5.74, 6) is 0.475. The Morgan fingerprint density at radius 1 is 1.29 bits per heavy atom. The number of carbonyl (C=O) groups is 2. The van der Waals surface area contributed by atoms with Gasteiger partial charge in [0.25, 0.3) is 0 Å². The maximum absolute atomic E-state index is 12.3. The smallest absolute Gasteiger partial charge is 0.327 e. The number of aliphatic carboxylic acids is 1. The van der Waals surface area contributed by atoms with Crippen molar-refractivity contribution in [1.29, 1.82) is 0 Å². The molecule has 1 heterocycles. The van der Waals surface area contributed by atoms with Crippen LogP contribution in [0, 0.1) is 11.8 Å². The molecule has 1 rings (SSSR count). The molecule has 0 spiro atoms. The number of carboxylic acid groups (broad SMARTS) is 1. The van der Waals surface area contributed by atoms with Crippen molar-refractivity contribution < 1.29 is 14.7 Å². The van der Waals surface area contributed by atoms with Crippen molar-refractivity contribution in [2.24, 2.45) is 11.8 Å². The molecule has 2 atom stereocenters. The van der Waals surface area contributed by atoms with E-state index in [0.717, 1.165) is 19.3 Å². The molecule has 0 aromatic heterocycles. The lowest BCUT2D eigenvalue weighted by molar-refractivity contribution is -0.141. The molecule has 6 heteroatoms. The third-order valence-corrected chi connectivity index (χ3v) is 5.23. The van der Waals surface area contributed by atoms with E-state index < -0.39 is 12.0 Å². The molecule has 1 aliphatic rings. The standard InChI is InChI=1S/C15H28N2O3S/c1-10(2)7-5-6-8-16-15(20)17-12(14(18)19)9-21-13(17)11(3)4/h10-13H,5-9H2,1-4H3,(H,16,20)(H,18,19). The van der Waals surface area contributed by atoms with Crippen molar-refractivity contribution in [3.63, 3.8) is 0 Å². The zero-order chi connectivity index (χ0) is 16.0. The summed E-state index contributed by atoms with van der Waals surface area (Å²) < 4.78 is 0. The number of carbonyl (C=O) groups excluding carboxylic acids is 1. The first-order valence-corrected chi connectivity index (χ1v) is 8.80. The number of rotatable bonds is 7. The van der Waals surface area contributed by atoms with Gasteiger partial charge in [0.05, 0.1) is 5.37 Å². The zero-order valence-corrected chi connectivity index (χ0v) is 14.3. The van der Waals surface area contributed by atoms with E-state index in [1.807, 2.05) is 13.8 Å². The van der Waals surface area contributed by atoms with Crippen LogP contribution in [0.2, 0.25) is 0 Å². The fraction of sp³-hybridized carbons (Fsp3) is 0.867. The van der Waals surface area contributed by atoms with Crippen LogP contribution in [0.4, 0.5) is 4.79 Å². The average molecular weight is 316 g/mol. The van der Waals surface area contributed by atoms with E-state index in [1.165, 1.54) is 4.90 Å². The van der Waals surface area contributed by atoms with Gasteiger partial charge in [-0.25, -0.2) is 9.59 Å². The molecule has 1 fully saturated rings. The fourth-order valence-electron chi connectivity index (χ4n) is 2.45. The Bertz CT molecular complexity index is 361. The van der Waals surface area contributed by atoms with Crippen LogP contribution in [0.1, 0.15) is 47.0 Å². The average Bonchev–Trinajstić information content (AvgIpc) is 2.82. The predicted octanol–water partition coefficient (Wildman–Crippen LogP) is 3.01. The van der Waals surface area contributed by atoms with Gasteiger partial charge in [-0.1, -0.05) is 40.5 Å². The van der Waals surface area contributed by atoms with Gasteiger partial charge in [0.1, 0.15) is 6.04 Å². The first kappa shape index (κ1) is 18.1. The van der Waals surface area contributed by atoms with Crippen LogP contribution in [-0.2, 0) is 4.79 Å². The first-order chi connectivity index (χ1) is 9.84. The molecule has 1 aliphatic heterocycles. The Labute approximate surface area is 131 Å². The topological polar surface area (TPSA) is 69.6 Å². The van der Waals surface area contributed by atoms with Gasteiger partial charge in [-0.05, 0) is 18.3 Å². The molecule has 0 aromatic carbocycles. The number of hydrogen-bond acceptors (Lipinski definition) is 3. The molecule has 2 amide bonds. The predicted molar refractivity (Wildman–Crippen MR) is 86.4 cm³/mol. The summed E-state index contributed by atoms with van der Waals surface area (Å²) in [6.07, 6.45) is 3.18. The van der Waals surface area contributed by atoms with Crippen molar-refractivity contribution in [2.45, 2.75) is 58.4 Å². The zero-order valence-electron chi connectivity index (χ0n) is 13.5. The van der Waals surface area contributed by atoms with Crippen molar-refractivity contribution in [3.05, 3.63) is 0 Å². The fourth-order valence-corrected chi connectivity index (χ4v) is 3.92. The van der Waals surface area contributed by atoms with E-state index in [1.54, 1.807) is 11.8 Å². The maximum Gasteiger partial charge on any atom is 0.327 e. The lowest BCUT2D eigenvalue weighted by Gasteiger charge is -2.29. The summed E-state index contributed by atoms with van der Waals surface area (Å²) in [6, 6.07) is -0.950. The number of unbranched alkanes of at least 4 members (excludes halogenated alkanes) is 1. The second-order valence-electron chi connectivity index (χ2n) is 6.35. The van der Waals surface area contributed by atoms with Crippen LogP contribution >= 0.6 is 11.8 Å². The summed E-state index contributed by atoms with van der Waals surface area (Å²) >= 11 is 1.56. The largest absolute Gasteiger partial charge is 0.480 e. The molecule has 0 radical (unpaired) electrons. The highest BCUT2D eigenvalue weighted by molar-refractivity contribution is 8.00. The van der Waals surface area contributed by atoms with E-state index in [9.17, 15) is 14.7 Å². The molecule has 0 aromatic rings. The molecule has 2 unspecified atom stereocenters. The van der Waals surface area contributed by atoms with Crippen molar-refractivity contribution in [1.82, 2.24) is 10.2 Å². The number of hydrogen-bond donors (Lipinski definition) is 2. The second-order valence-corrected chi connectivity index (χ2v) is 7.50. The Hall–Kier alpha value is -0.910. The summed E-state index contributed by atoms with van der Waals surface area (Å²) in [4.78, 5) is 25.1. The summed E-state index contributed by atoms with van der Waals surface area (Å²) in [5.41, 5.74) is 0. The Morgan fingerprint density at radius 2 is 1.95 bits per heavy atom. The van der Waals surface area contributed by atoms with Crippen LogP contribution in [-0.4, -0.2) is 45.7 Å². The van der Waals surface area contributed by atoms with E-state index in [2.05, 4.69) is 19.2 Å². The SMILES string of the molecule is CC(C)CCCCNC(=O)N1C(C(=O)O)CSC1C(C)C. The normalized spacial score (nSPS) is 22.1. The van der Waals surface area contributed by atoms with Crippen molar-refractivity contribution in [2.75, 3.05) is 12.3 Å². The van der Waals surface area contributed by atoms with E-state index in [4.69, 9.17) is 0 Å². The number of amides is 2. The number of nitrogens with zero attached hydrogens (tertiary/aromatic N) is 1. The summed E-state index contributed by atoms with van der Waals surface area (Å²) in [6.45, 7) is 9.02. The Kier molecular flexibility index (Phi) is 7.35. The molecule has 0 aliphatic carbocycles. The number of carboxylic acids is 1. The third-order valence-electron chi connectivity index (χ3n) is 3.61. The first-order valence-electron chi connectivity index (χ1n) is 7.75. The van der Waals surface area contributed by atoms with E-state index in [0.29, 0.717) is 18.2 Å². The molecule has 1 saturated heterocycles. The minimum Gasteiger partial charge on any atom is -0.480 e. The highest BCUT2D eigenvalue weighted by atomic mass is 32.2. The lowest BCUT2D eigenvalue weighted by atomic mass is 10.1. The molecular formula is C15H28N2O3S. The molecule has 2 N–H and O–H groups in total. The highest BCUT2D eigenvalue weighted by Gasteiger charge is 2.42. The van der Waals surface area contributed by atoms with Crippen LogP contribution in [0.25, 0.3) is 0 Å². The maximum atomic E-state index is 12.3. The molecule has 0 saturated carbocycles. The quantitative estimate of drug-likeness (QED) is 0.708. The molecular weight excluding hydrogens is 288 g/mol. The minimum atomic E-state index is -0.916. The van der Waals surface area contributed by atoms with Gasteiger partial charge >= 0.3 is 12.0 Å². The highest BCUT2D eigenvalue weighted by Crippen LogP contribution is 2.33. The van der Waals surface area contributed by atoms with Crippen LogP contribution in [0.5, 0.6) is 0 Å². The molecule has 0 bridgehead atoms. The van der Waals surface area contributed by atoms with Gasteiger partial charge in [-0.3, -0.25) is 4.90 Å². The lowest BCUT2D eigenvalue weighted by Crippen LogP contribution is -2.51. The van der Waals surface area contributed by atoms with E-state index >= 15 is 0 Å². The Balaban J connectivity index is 2.49. The van der Waals surface area contributed by atoms with Gasteiger partial charge in [0, 0.05) is 12.3 Å². The monoisotopic (exact) mass is 316 g/mol. The van der Waals surface area contributed by atoms with Gasteiger partial charge < -0.3 is 10.4 Å². The van der Waals surface area contributed by atoms with Gasteiger partial charge in [0.2, 0.25) is 0 Å². The number of nitrogens with one attached hydrogen (secondary N) is 1. The van der Waals surface area contributed by atoms with E-state index in [-0.39, 0.29) is 17.3 Å². The molecule has 122 valence electrons. The third kappa shape index (κ3) is 5.41. The number of thioether (sulfide) groups is 1. The number of urea groups is 1. The second kappa shape index (κ2) is 8.51. The summed E-state index contributed by atoms with van der Waals surface area (Å²) in [7, 11) is 0. The van der Waals surface area contributed by atoms with Crippen molar-refractivity contribution in [3.8, 4) is 0 Å². The van der Waals surface area contributed by atoms with Crippen molar-refractivity contribution >= 4 is 23.8 Å². The van der Waals surface area contributed by atoms with Gasteiger partial charge in [-0.15, -0.1) is 11.8 Å². The van der Waals surface area contributed by atoms with Crippen LogP contribution in [0.3, 0.4) is 0 Å². The van der Waals surface area contributed by atoms with Crippen LogP contribution in [0.15, 0.2) is 0 Å². The minimum absolute atomic E-state index is 0.0539. The summed E-state index contributed by atoms with van der Waals surface area (Å²) in [5, 5.41) is 12.1. The Morgan fingerprint density at radius 3 is 2.48 bits per heavy atom. The van der Waals surface area contributed by atoms with Crippen LogP contribution < -0.4 is 5.32 Å². The van der Waals surface area contributed by atoms with Gasteiger partial charge in [0.15, 0.2) is 0 Å².